The zero-order valence-corrected chi connectivity index (χ0v) is 22.3. The van der Waals surface area contributed by atoms with Crippen LogP contribution in [0.1, 0.15) is 57.2 Å². The predicted molar refractivity (Wildman–Crippen MR) is 146 cm³/mol. The second-order valence-corrected chi connectivity index (χ2v) is 9.40. The van der Waals surface area contributed by atoms with E-state index < -0.39 is 12.1 Å². The van der Waals surface area contributed by atoms with Gasteiger partial charge in [-0.15, -0.1) is 0 Å². The van der Waals surface area contributed by atoms with Crippen LogP contribution in [-0.4, -0.2) is 52.3 Å². The summed E-state index contributed by atoms with van der Waals surface area (Å²) in [6.45, 7) is 5.50. The van der Waals surface area contributed by atoms with E-state index in [1.165, 1.54) is 24.6 Å². The second kappa shape index (κ2) is 14.4. The van der Waals surface area contributed by atoms with Crippen LogP contribution in [0.25, 0.3) is 10.9 Å². The molecule has 200 valence electrons. The number of unbranched alkanes of at least 4 members (excludes halogenated alkanes) is 4. The van der Waals surface area contributed by atoms with E-state index in [9.17, 15) is 14.7 Å². The number of hydrogen-bond acceptors (Lipinski definition) is 4. The van der Waals surface area contributed by atoms with Crippen molar-refractivity contribution >= 4 is 22.8 Å². The van der Waals surface area contributed by atoms with Gasteiger partial charge < -0.3 is 24.0 Å². The number of fused-ring (bicyclic) bond motifs is 1. The molecule has 1 N–H and O–H groups in total. The molecule has 0 saturated carbocycles. The summed E-state index contributed by atoms with van der Waals surface area (Å²) in [6, 6.07) is 17.6. The lowest BCUT2D eigenvalue weighted by molar-refractivity contribution is -0.150. The Hall–Kier alpha value is -3.32. The molecular weight excluding hydrogens is 468 g/mol. The molecule has 0 radical (unpaired) electrons. The van der Waals surface area contributed by atoms with Crippen molar-refractivity contribution in [2.75, 3.05) is 19.8 Å². The molecule has 0 saturated heterocycles. The number of nitrogens with zero attached hydrogens (tertiary/aromatic N) is 2. The molecule has 7 nitrogen and oxygen atoms in total. The number of carbonyl (C=O) groups is 2. The Labute approximate surface area is 220 Å². The molecule has 2 aromatic carbocycles. The van der Waals surface area contributed by atoms with E-state index in [-0.39, 0.29) is 18.9 Å². The highest BCUT2D eigenvalue weighted by Crippen LogP contribution is 2.20. The number of aliphatic carboxylic acids is 1. The maximum absolute atomic E-state index is 13.2. The Morgan fingerprint density at radius 1 is 1.00 bits per heavy atom. The number of carbonyl (C=O) groups excluding carboxylic acids is 1. The van der Waals surface area contributed by atoms with Crippen LogP contribution in [0.2, 0.25) is 0 Å². The number of carboxylic acids is 1. The van der Waals surface area contributed by atoms with E-state index >= 15 is 0 Å². The Kier molecular flexibility index (Phi) is 11.0. The average Bonchev–Trinajstić information content (AvgIpc) is 3.22. The molecule has 3 rings (SSSR count). The molecule has 0 fully saturated rings. The first-order valence-corrected chi connectivity index (χ1v) is 13.3. The average molecular weight is 509 g/mol. The minimum atomic E-state index is -0.978. The van der Waals surface area contributed by atoms with Gasteiger partial charge in [0.25, 0.3) is 5.91 Å². The van der Waals surface area contributed by atoms with Crippen LogP contribution in [0.5, 0.6) is 5.75 Å². The molecule has 7 heteroatoms. The number of amides is 1. The monoisotopic (exact) mass is 508 g/mol. The fraction of sp³-hybridized carbons (Fsp3) is 0.467. The molecular formula is C30H40N2O5. The fourth-order valence-corrected chi connectivity index (χ4v) is 4.48. The zero-order chi connectivity index (χ0) is 26.6. The molecule has 37 heavy (non-hydrogen) atoms. The lowest BCUT2D eigenvalue weighted by atomic mass is 10.1. The van der Waals surface area contributed by atoms with Gasteiger partial charge in [0, 0.05) is 37.8 Å². The lowest BCUT2D eigenvalue weighted by Crippen LogP contribution is -2.35. The van der Waals surface area contributed by atoms with Crippen molar-refractivity contribution in [3.05, 3.63) is 65.9 Å². The highest BCUT2D eigenvalue weighted by atomic mass is 16.5. The highest BCUT2D eigenvalue weighted by molar-refractivity contribution is 5.82. The Bertz CT molecular complexity index is 1140. The number of para-hydroxylation sites is 1. The van der Waals surface area contributed by atoms with Crippen molar-refractivity contribution in [1.82, 2.24) is 9.47 Å². The largest absolute Gasteiger partial charge is 0.484 e. The summed E-state index contributed by atoms with van der Waals surface area (Å²) < 4.78 is 13.3. The van der Waals surface area contributed by atoms with E-state index in [0.717, 1.165) is 29.6 Å². The minimum absolute atomic E-state index is 0.0467. The van der Waals surface area contributed by atoms with Crippen LogP contribution >= 0.6 is 0 Å². The van der Waals surface area contributed by atoms with Crippen molar-refractivity contribution in [2.24, 2.45) is 7.05 Å². The van der Waals surface area contributed by atoms with Crippen LogP contribution in [0, 0.1) is 0 Å². The first-order valence-electron chi connectivity index (χ1n) is 13.3. The van der Waals surface area contributed by atoms with Crippen molar-refractivity contribution in [2.45, 2.75) is 65.0 Å². The first-order chi connectivity index (χ1) is 17.9. The quantitative estimate of drug-likeness (QED) is 0.255. The molecule has 0 aliphatic heterocycles. The van der Waals surface area contributed by atoms with Gasteiger partial charge in [0.05, 0.1) is 6.54 Å². The molecule has 3 aromatic rings. The lowest BCUT2D eigenvalue weighted by Gasteiger charge is -2.23. The third kappa shape index (κ3) is 8.35. The molecule has 1 atom stereocenters. The second-order valence-electron chi connectivity index (χ2n) is 9.40. The first kappa shape index (κ1) is 28.3. The molecule has 0 aliphatic carbocycles. The standard InChI is InChI=1S/C30H40N2O5/c1-4-6-7-8-11-18-32(21-25-20-24-12-9-10-13-27(24)31(25)3)29(33)22-37-26-16-14-23(15-17-26)19-28(30(34)35)36-5-2/h9-10,12-17,20,28H,4-8,11,18-19,21-22H2,1-3H3,(H,34,35)/t28-/m0/s1. The van der Waals surface area contributed by atoms with Gasteiger partial charge in [0.15, 0.2) is 12.7 Å². The minimum Gasteiger partial charge on any atom is -0.484 e. The summed E-state index contributed by atoms with van der Waals surface area (Å²) >= 11 is 0. The predicted octanol–water partition coefficient (Wildman–Crippen LogP) is 5.59. The summed E-state index contributed by atoms with van der Waals surface area (Å²) in [5, 5.41) is 10.5. The summed E-state index contributed by atoms with van der Waals surface area (Å²) in [4.78, 5) is 26.5. The van der Waals surface area contributed by atoms with E-state index in [0.29, 0.717) is 25.4 Å². The third-order valence-corrected chi connectivity index (χ3v) is 6.64. The molecule has 0 unspecified atom stereocenters. The number of rotatable bonds is 16. The number of carboxylic acid groups (broad SMARTS) is 1. The van der Waals surface area contributed by atoms with Gasteiger partial charge in [-0.3, -0.25) is 4.79 Å². The molecule has 1 aromatic heterocycles. The van der Waals surface area contributed by atoms with Gasteiger partial charge in [-0.05, 0) is 48.6 Å². The van der Waals surface area contributed by atoms with Gasteiger partial charge in [-0.2, -0.15) is 0 Å². The zero-order valence-electron chi connectivity index (χ0n) is 22.3. The molecule has 0 spiro atoms. The van der Waals surface area contributed by atoms with Crippen LogP contribution in [-0.2, 0) is 34.3 Å². The smallest absolute Gasteiger partial charge is 0.333 e. The summed E-state index contributed by atoms with van der Waals surface area (Å²) in [5.41, 5.74) is 3.08. The number of benzene rings is 2. The van der Waals surface area contributed by atoms with Gasteiger partial charge in [0.2, 0.25) is 0 Å². The highest BCUT2D eigenvalue weighted by Gasteiger charge is 2.19. The summed E-state index contributed by atoms with van der Waals surface area (Å²) in [5.74, 6) is -0.450. The van der Waals surface area contributed by atoms with Crippen LogP contribution in [0.3, 0.4) is 0 Å². The number of ether oxygens (including phenoxy) is 2. The van der Waals surface area contributed by atoms with Crippen LogP contribution < -0.4 is 4.74 Å². The van der Waals surface area contributed by atoms with E-state index in [4.69, 9.17) is 9.47 Å². The molecule has 1 heterocycles. The molecule has 1 amide bonds. The normalized spacial score (nSPS) is 12.0. The Morgan fingerprint density at radius 3 is 2.41 bits per heavy atom. The van der Waals surface area contributed by atoms with Crippen molar-refractivity contribution < 1.29 is 24.2 Å². The molecule has 0 bridgehead atoms. The van der Waals surface area contributed by atoms with Gasteiger partial charge in [-0.25, -0.2) is 4.79 Å². The van der Waals surface area contributed by atoms with E-state index in [1.54, 1.807) is 19.1 Å². The van der Waals surface area contributed by atoms with E-state index in [1.807, 2.05) is 36.2 Å². The van der Waals surface area contributed by atoms with Gasteiger partial charge in [-0.1, -0.05) is 62.9 Å². The summed E-state index contributed by atoms with van der Waals surface area (Å²) in [6.07, 6.45) is 5.06. The maximum atomic E-state index is 13.2. The number of hydrogen-bond donors (Lipinski definition) is 1. The number of aryl methyl sites for hydroxylation is 1. The Balaban J connectivity index is 1.62. The van der Waals surface area contributed by atoms with Crippen molar-refractivity contribution in [3.8, 4) is 5.75 Å². The van der Waals surface area contributed by atoms with Gasteiger partial charge in [0.1, 0.15) is 5.75 Å². The molecule has 0 aliphatic rings. The SMILES string of the molecule is CCCCCCCN(Cc1cc2ccccc2n1C)C(=O)COc1ccc(C[C@H](OCC)C(=O)O)cc1. The Morgan fingerprint density at radius 2 is 1.73 bits per heavy atom. The van der Waals surface area contributed by atoms with Crippen LogP contribution in [0.15, 0.2) is 54.6 Å². The van der Waals surface area contributed by atoms with Gasteiger partial charge >= 0.3 is 5.97 Å². The number of aromatic nitrogens is 1. The fourth-order valence-electron chi connectivity index (χ4n) is 4.48. The van der Waals surface area contributed by atoms with Crippen molar-refractivity contribution in [3.63, 3.8) is 0 Å². The maximum Gasteiger partial charge on any atom is 0.333 e. The third-order valence-electron chi connectivity index (χ3n) is 6.64. The summed E-state index contributed by atoms with van der Waals surface area (Å²) in [7, 11) is 2.04. The van der Waals surface area contributed by atoms with Crippen molar-refractivity contribution in [1.29, 1.82) is 0 Å². The topological polar surface area (TPSA) is 81.0 Å². The van der Waals surface area contributed by atoms with Crippen LogP contribution in [0.4, 0.5) is 0 Å². The van der Waals surface area contributed by atoms with E-state index in [2.05, 4.69) is 29.7 Å².